The molecule has 0 spiro atoms. The second-order valence-corrected chi connectivity index (χ2v) is 6.68. The van der Waals surface area contributed by atoms with Gasteiger partial charge in [-0.05, 0) is 24.6 Å². The van der Waals surface area contributed by atoms with Crippen LogP contribution in [-0.4, -0.2) is 16.1 Å². The van der Waals surface area contributed by atoms with E-state index in [0.717, 1.165) is 19.3 Å². The highest BCUT2D eigenvalue weighted by Crippen LogP contribution is 2.47. The van der Waals surface area contributed by atoms with Crippen LogP contribution in [0.25, 0.3) is 0 Å². The van der Waals surface area contributed by atoms with Crippen molar-refractivity contribution in [1.82, 2.24) is 0 Å². The van der Waals surface area contributed by atoms with E-state index < -0.39 is 28.3 Å². The maximum atomic E-state index is 11.5. The van der Waals surface area contributed by atoms with Gasteiger partial charge in [0.1, 0.15) is 12.2 Å². The fourth-order valence-electron chi connectivity index (χ4n) is 3.35. The lowest BCUT2D eigenvalue weighted by molar-refractivity contribution is -0.387. The Morgan fingerprint density at radius 2 is 1.38 bits per heavy atom. The van der Waals surface area contributed by atoms with Gasteiger partial charge in [0.2, 0.25) is 0 Å². The van der Waals surface area contributed by atoms with Crippen molar-refractivity contribution >= 4 is 11.4 Å². The van der Waals surface area contributed by atoms with Gasteiger partial charge in [0.25, 0.3) is 11.4 Å². The largest absolute Gasteiger partial charge is 0.338 e. The number of allylic oxidation sites excluding steroid dienone is 1. The predicted octanol–water partition coefficient (Wildman–Crippen LogP) is 5.40. The lowest BCUT2D eigenvalue weighted by atomic mass is 9.96. The SMILES string of the molecule is CCCC/C=C/C1O[C@H](c2ccccc2[N+](=O)[O-])[C@@H](c2ccccc2[N+](=O)[O-])O1. The Morgan fingerprint density at radius 1 is 0.897 bits per heavy atom. The molecule has 8 nitrogen and oxygen atoms in total. The number of nitrogens with zero attached hydrogens (tertiary/aromatic N) is 2. The molecule has 0 radical (unpaired) electrons. The van der Waals surface area contributed by atoms with Crippen molar-refractivity contribution in [2.24, 2.45) is 0 Å². The summed E-state index contributed by atoms with van der Waals surface area (Å²) in [5, 5.41) is 23.0. The Bertz CT molecular complexity index is 848. The predicted molar refractivity (Wildman–Crippen MR) is 106 cm³/mol. The number of benzene rings is 2. The molecule has 1 aliphatic heterocycles. The Hall–Kier alpha value is -3.10. The van der Waals surface area contributed by atoms with Gasteiger partial charge in [0.15, 0.2) is 6.29 Å². The third-order valence-electron chi connectivity index (χ3n) is 4.73. The van der Waals surface area contributed by atoms with Crippen molar-refractivity contribution in [2.75, 3.05) is 0 Å². The molecule has 0 unspecified atom stereocenters. The second kappa shape index (κ2) is 9.40. The summed E-state index contributed by atoms with van der Waals surface area (Å²) in [6.07, 6.45) is 4.17. The molecule has 152 valence electrons. The molecule has 3 rings (SSSR count). The van der Waals surface area contributed by atoms with Crippen molar-refractivity contribution in [3.8, 4) is 0 Å². The van der Waals surface area contributed by atoms with Crippen molar-refractivity contribution in [3.63, 3.8) is 0 Å². The number of para-hydroxylation sites is 2. The quantitative estimate of drug-likeness (QED) is 0.255. The maximum absolute atomic E-state index is 11.5. The molecule has 0 N–H and O–H groups in total. The Kier molecular flexibility index (Phi) is 6.69. The molecule has 8 heteroatoms. The van der Waals surface area contributed by atoms with Crippen LogP contribution in [0.15, 0.2) is 60.7 Å². The first-order valence-electron chi connectivity index (χ1n) is 9.47. The second-order valence-electron chi connectivity index (χ2n) is 6.68. The van der Waals surface area contributed by atoms with Crippen LogP contribution in [0.3, 0.4) is 0 Å². The van der Waals surface area contributed by atoms with E-state index in [1.807, 2.05) is 6.08 Å². The highest BCUT2D eigenvalue weighted by molar-refractivity contribution is 5.47. The molecule has 0 bridgehead atoms. The molecule has 1 saturated heterocycles. The Labute approximate surface area is 168 Å². The summed E-state index contributed by atoms with van der Waals surface area (Å²) >= 11 is 0. The van der Waals surface area contributed by atoms with E-state index in [0.29, 0.717) is 11.1 Å². The lowest BCUT2D eigenvalue weighted by Crippen LogP contribution is -2.11. The van der Waals surface area contributed by atoms with Gasteiger partial charge >= 0.3 is 0 Å². The first-order chi connectivity index (χ1) is 14.0. The van der Waals surface area contributed by atoms with Gasteiger partial charge in [0, 0.05) is 12.1 Å². The number of ether oxygens (including phenoxy) is 2. The Balaban J connectivity index is 2.01. The normalized spacial score (nSPS) is 19.6. The molecule has 2 atom stereocenters. The van der Waals surface area contributed by atoms with Crippen LogP contribution in [0, 0.1) is 20.2 Å². The van der Waals surface area contributed by atoms with E-state index in [4.69, 9.17) is 9.47 Å². The summed E-state index contributed by atoms with van der Waals surface area (Å²) in [6, 6.07) is 12.5. The van der Waals surface area contributed by atoms with Crippen molar-refractivity contribution in [1.29, 1.82) is 0 Å². The summed E-state index contributed by atoms with van der Waals surface area (Å²) < 4.78 is 12.0. The number of unbranched alkanes of at least 4 members (excludes halogenated alkanes) is 2. The zero-order valence-corrected chi connectivity index (χ0v) is 16.0. The van der Waals surface area contributed by atoms with Crippen molar-refractivity contribution in [2.45, 2.75) is 44.7 Å². The molecule has 2 aromatic carbocycles. The van der Waals surface area contributed by atoms with Crippen LogP contribution >= 0.6 is 0 Å². The third kappa shape index (κ3) is 4.67. The standard InChI is InChI=1S/C21H22N2O6/c1-2-3-4-5-14-19-28-20(15-10-6-8-12-17(15)22(24)25)21(29-19)16-11-7-9-13-18(16)23(26)27/h5-14,19-21H,2-4H2,1H3/b14-5+/t20-,21-/m1/s1. The number of nitro groups is 2. The molecule has 0 saturated carbocycles. The summed E-state index contributed by atoms with van der Waals surface area (Å²) in [5.74, 6) is 0. The molecule has 2 aromatic rings. The zero-order valence-electron chi connectivity index (χ0n) is 16.0. The minimum Gasteiger partial charge on any atom is -0.338 e. The average Bonchev–Trinajstić information content (AvgIpc) is 3.15. The highest BCUT2D eigenvalue weighted by Gasteiger charge is 2.42. The molecule has 1 fully saturated rings. The summed E-state index contributed by atoms with van der Waals surface area (Å²) in [4.78, 5) is 22.0. The molecule has 0 aromatic heterocycles. The van der Waals surface area contributed by atoms with E-state index in [1.54, 1.807) is 42.5 Å². The minimum atomic E-state index is -0.849. The number of hydrogen-bond acceptors (Lipinski definition) is 6. The highest BCUT2D eigenvalue weighted by atomic mass is 16.7. The minimum absolute atomic E-state index is 0.111. The molecular formula is C21H22N2O6. The molecular weight excluding hydrogens is 376 g/mol. The summed E-state index contributed by atoms with van der Waals surface area (Å²) in [7, 11) is 0. The number of rotatable bonds is 8. The first-order valence-corrected chi connectivity index (χ1v) is 9.47. The van der Waals surface area contributed by atoms with E-state index in [1.165, 1.54) is 12.1 Å². The van der Waals surface area contributed by atoms with Gasteiger partial charge in [-0.3, -0.25) is 20.2 Å². The number of hydrogen-bond donors (Lipinski definition) is 0. The van der Waals surface area contributed by atoms with Gasteiger partial charge in [0.05, 0.1) is 21.0 Å². The fraction of sp³-hybridized carbons (Fsp3) is 0.333. The van der Waals surface area contributed by atoms with Gasteiger partial charge in [-0.25, -0.2) is 0 Å². The molecule has 29 heavy (non-hydrogen) atoms. The van der Waals surface area contributed by atoms with Gasteiger partial charge in [-0.15, -0.1) is 0 Å². The van der Waals surface area contributed by atoms with Gasteiger partial charge in [-0.2, -0.15) is 0 Å². The van der Waals surface area contributed by atoms with Crippen LogP contribution in [0.5, 0.6) is 0 Å². The van der Waals surface area contributed by atoms with Crippen LogP contribution < -0.4 is 0 Å². The summed E-state index contributed by atoms with van der Waals surface area (Å²) in [6.45, 7) is 2.09. The molecule has 0 aliphatic carbocycles. The zero-order chi connectivity index (χ0) is 20.8. The van der Waals surface area contributed by atoms with Crippen LogP contribution in [0.1, 0.15) is 49.5 Å². The van der Waals surface area contributed by atoms with Crippen LogP contribution in [0.4, 0.5) is 11.4 Å². The molecule has 0 amide bonds. The van der Waals surface area contributed by atoms with E-state index >= 15 is 0 Å². The monoisotopic (exact) mass is 398 g/mol. The fourth-order valence-corrected chi connectivity index (χ4v) is 3.35. The van der Waals surface area contributed by atoms with E-state index in [2.05, 4.69) is 6.92 Å². The van der Waals surface area contributed by atoms with E-state index in [9.17, 15) is 20.2 Å². The Morgan fingerprint density at radius 3 is 1.83 bits per heavy atom. The van der Waals surface area contributed by atoms with Crippen molar-refractivity contribution < 1.29 is 19.3 Å². The topological polar surface area (TPSA) is 105 Å². The van der Waals surface area contributed by atoms with Crippen molar-refractivity contribution in [3.05, 3.63) is 92.0 Å². The van der Waals surface area contributed by atoms with E-state index in [-0.39, 0.29) is 11.4 Å². The third-order valence-corrected chi connectivity index (χ3v) is 4.73. The lowest BCUT2D eigenvalue weighted by Gasteiger charge is -2.17. The average molecular weight is 398 g/mol. The summed E-state index contributed by atoms with van der Waals surface area (Å²) in [5.41, 5.74) is 0.427. The van der Waals surface area contributed by atoms with Gasteiger partial charge in [-0.1, -0.05) is 50.1 Å². The van der Waals surface area contributed by atoms with Gasteiger partial charge < -0.3 is 9.47 Å². The van der Waals surface area contributed by atoms with Crippen LogP contribution in [-0.2, 0) is 9.47 Å². The first kappa shape index (κ1) is 20.6. The molecule has 1 heterocycles. The maximum Gasteiger partial charge on any atom is 0.275 e. The van der Waals surface area contributed by atoms with Crippen LogP contribution in [0.2, 0.25) is 0 Å². The smallest absolute Gasteiger partial charge is 0.275 e. The molecule has 1 aliphatic rings. The number of nitro benzene ring substituents is 2.